The lowest BCUT2D eigenvalue weighted by Crippen LogP contribution is -2.35. The van der Waals surface area contributed by atoms with Crippen molar-refractivity contribution in [2.45, 2.75) is 25.8 Å². The van der Waals surface area contributed by atoms with Crippen LogP contribution in [0, 0.1) is 24.5 Å². The molecule has 0 aliphatic carbocycles. The predicted molar refractivity (Wildman–Crippen MR) is 116 cm³/mol. The van der Waals surface area contributed by atoms with E-state index < -0.39 is 0 Å². The first-order valence-electron chi connectivity index (χ1n) is 10.3. The van der Waals surface area contributed by atoms with Gasteiger partial charge in [0, 0.05) is 5.69 Å². The van der Waals surface area contributed by atoms with Crippen LogP contribution in [0.2, 0.25) is 0 Å². The van der Waals surface area contributed by atoms with Gasteiger partial charge in [-0.25, -0.2) is 8.78 Å². The number of halogens is 2. The largest absolute Gasteiger partial charge is 0.457 e. The van der Waals surface area contributed by atoms with E-state index in [0.717, 1.165) is 24.9 Å². The number of amides is 1. The Hall–Kier alpha value is -3.25. The van der Waals surface area contributed by atoms with Crippen molar-refractivity contribution in [2.24, 2.45) is 5.92 Å². The van der Waals surface area contributed by atoms with Crippen LogP contribution in [0.15, 0.2) is 66.7 Å². The summed E-state index contributed by atoms with van der Waals surface area (Å²) < 4.78 is 32.2. The van der Waals surface area contributed by atoms with E-state index >= 15 is 0 Å². The smallest absolute Gasteiger partial charge is 0.241 e. The van der Waals surface area contributed by atoms with Gasteiger partial charge < -0.3 is 15.4 Å². The van der Waals surface area contributed by atoms with Gasteiger partial charge in [0.25, 0.3) is 0 Å². The fourth-order valence-electron chi connectivity index (χ4n) is 3.77. The molecule has 160 valence electrons. The number of hydrogen-bond acceptors (Lipinski definition) is 3. The minimum Gasteiger partial charge on any atom is -0.457 e. The topological polar surface area (TPSA) is 50.4 Å². The maximum Gasteiger partial charge on any atom is 0.241 e. The van der Waals surface area contributed by atoms with Crippen LogP contribution >= 0.6 is 0 Å². The third kappa shape index (κ3) is 5.47. The van der Waals surface area contributed by atoms with Crippen LogP contribution in [0.4, 0.5) is 14.5 Å². The second-order valence-corrected chi connectivity index (χ2v) is 7.92. The SMILES string of the molecule is Cc1cc(Oc2ccc(NC(=O)[C@@H]3C[C@@H](Cc4ccc(F)cc4)CN3)cc2)ccc1F. The molecule has 0 unspecified atom stereocenters. The third-order valence-electron chi connectivity index (χ3n) is 5.46. The summed E-state index contributed by atoms with van der Waals surface area (Å²) in [6.45, 7) is 2.43. The molecule has 0 aromatic heterocycles. The first-order valence-corrected chi connectivity index (χ1v) is 10.3. The van der Waals surface area contributed by atoms with Gasteiger partial charge in [0.2, 0.25) is 5.91 Å². The van der Waals surface area contributed by atoms with Crippen LogP contribution in [-0.2, 0) is 11.2 Å². The van der Waals surface area contributed by atoms with E-state index in [1.54, 1.807) is 55.5 Å². The molecule has 31 heavy (non-hydrogen) atoms. The minimum atomic E-state index is -0.272. The molecule has 3 aromatic rings. The quantitative estimate of drug-likeness (QED) is 0.572. The highest BCUT2D eigenvalue weighted by Gasteiger charge is 2.29. The van der Waals surface area contributed by atoms with E-state index in [9.17, 15) is 13.6 Å². The summed E-state index contributed by atoms with van der Waals surface area (Å²) in [5.41, 5.74) is 2.26. The Balaban J connectivity index is 1.29. The van der Waals surface area contributed by atoms with Gasteiger partial charge >= 0.3 is 0 Å². The second-order valence-electron chi connectivity index (χ2n) is 7.92. The Bertz CT molecular complexity index is 1050. The monoisotopic (exact) mass is 422 g/mol. The molecule has 0 saturated carbocycles. The number of carbonyl (C=O) groups is 1. The van der Waals surface area contributed by atoms with Gasteiger partial charge in [0.05, 0.1) is 6.04 Å². The van der Waals surface area contributed by atoms with Gasteiger partial charge in [-0.15, -0.1) is 0 Å². The molecule has 1 aliphatic rings. The van der Waals surface area contributed by atoms with Crippen molar-refractivity contribution in [1.29, 1.82) is 0 Å². The predicted octanol–water partition coefficient (Wildman–Crippen LogP) is 5.22. The fraction of sp³-hybridized carbons (Fsp3) is 0.240. The Morgan fingerprint density at radius 2 is 1.74 bits per heavy atom. The third-order valence-corrected chi connectivity index (χ3v) is 5.46. The van der Waals surface area contributed by atoms with Gasteiger partial charge in [0.1, 0.15) is 23.1 Å². The van der Waals surface area contributed by atoms with E-state index in [1.807, 2.05) is 0 Å². The standard InChI is InChI=1S/C25H24F2N2O2/c1-16-12-22(10-11-23(16)27)31-21-8-6-20(7-9-21)29-25(30)24-14-18(15-28-24)13-17-2-4-19(26)5-3-17/h2-12,18,24,28H,13-15H2,1H3,(H,29,30)/t18-,24+/m1/s1. The molecule has 0 radical (unpaired) electrons. The van der Waals surface area contributed by atoms with Gasteiger partial charge in [-0.3, -0.25) is 4.79 Å². The Labute approximate surface area is 180 Å². The molecule has 0 spiro atoms. The number of anilines is 1. The summed E-state index contributed by atoms with van der Waals surface area (Å²) in [4.78, 5) is 12.6. The molecular weight excluding hydrogens is 398 g/mol. The van der Waals surface area contributed by atoms with Gasteiger partial charge in [-0.05, 0) is 98.0 Å². The van der Waals surface area contributed by atoms with E-state index in [2.05, 4.69) is 10.6 Å². The van der Waals surface area contributed by atoms with Crippen LogP contribution < -0.4 is 15.4 Å². The molecule has 2 N–H and O–H groups in total. The van der Waals surface area contributed by atoms with Gasteiger partial charge in [-0.1, -0.05) is 12.1 Å². The average molecular weight is 422 g/mol. The summed E-state index contributed by atoms with van der Waals surface area (Å²) in [6, 6.07) is 17.9. The first kappa shape index (κ1) is 21.0. The van der Waals surface area contributed by atoms with E-state index in [4.69, 9.17) is 4.74 Å². The number of carbonyl (C=O) groups excluding carboxylic acids is 1. The molecule has 0 bridgehead atoms. The van der Waals surface area contributed by atoms with Crippen molar-refractivity contribution in [3.8, 4) is 11.5 Å². The highest BCUT2D eigenvalue weighted by Crippen LogP contribution is 2.25. The number of aryl methyl sites for hydroxylation is 1. The fourth-order valence-corrected chi connectivity index (χ4v) is 3.77. The number of benzene rings is 3. The molecule has 1 aliphatic heterocycles. The molecule has 1 heterocycles. The Kier molecular flexibility index (Phi) is 6.28. The average Bonchev–Trinajstić information content (AvgIpc) is 3.23. The number of ether oxygens (including phenoxy) is 1. The molecular formula is C25H24F2N2O2. The van der Waals surface area contributed by atoms with Gasteiger partial charge in [0.15, 0.2) is 0 Å². The maximum absolute atomic E-state index is 13.4. The van der Waals surface area contributed by atoms with Crippen LogP contribution in [0.1, 0.15) is 17.5 Å². The van der Waals surface area contributed by atoms with Crippen molar-refractivity contribution in [3.05, 3.63) is 89.5 Å². The van der Waals surface area contributed by atoms with Crippen molar-refractivity contribution in [1.82, 2.24) is 5.32 Å². The number of nitrogens with one attached hydrogen (secondary N) is 2. The van der Waals surface area contributed by atoms with Crippen molar-refractivity contribution in [2.75, 3.05) is 11.9 Å². The molecule has 2 atom stereocenters. The van der Waals surface area contributed by atoms with Gasteiger partial charge in [-0.2, -0.15) is 0 Å². The molecule has 3 aromatic carbocycles. The van der Waals surface area contributed by atoms with Crippen LogP contribution in [0.25, 0.3) is 0 Å². The molecule has 6 heteroatoms. The second kappa shape index (κ2) is 9.27. The summed E-state index contributed by atoms with van der Waals surface area (Å²) in [6.07, 6.45) is 1.54. The minimum absolute atomic E-state index is 0.0792. The van der Waals surface area contributed by atoms with Crippen LogP contribution in [-0.4, -0.2) is 18.5 Å². The van der Waals surface area contributed by atoms with Crippen molar-refractivity contribution in [3.63, 3.8) is 0 Å². The van der Waals surface area contributed by atoms with E-state index in [1.165, 1.54) is 18.2 Å². The summed E-state index contributed by atoms with van der Waals surface area (Å²) in [5, 5.41) is 6.20. The van der Waals surface area contributed by atoms with Crippen molar-refractivity contribution < 1.29 is 18.3 Å². The zero-order valence-electron chi connectivity index (χ0n) is 17.2. The lowest BCUT2D eigenvalue weighted by Gasteiger charge is -2.13. The number of rotatable bonds is 6. The zero-order chi connectivity index (χ0) is 21.8. The lowest BCUT2D eigenvalue weighted by atomic mass is 9.96. The Morgan fingerprint density at radius 1 is 1.03 bits per heavy atom. The van der Waals surface area contributed by atoms with E-state index in [-0.39, 0.29) is 23.6 Å². The maximum atomic E-state index is 13.4. The molecule has 4 rings (SSSR count). The summed E-state index contributed by atoms with van der Waals surface area (Å²) >= 11 is 0. The molecule has 1 fully saturated rings. The van der Waals surface area contributed by atoms with E-state index in [0.29, 0.717) is 28.7 Å². The number of hydrogen-bond donors (Lipinski definition) is 2. The highest BCUT2D eigenvalue weighted by atomic mass is 19.1. The Morgan fingerprint density at radius 3 is 2.45 bits per heavy atom. The lowest BCUT2D eigenvalue weighted by molar-refractivity contribution is -0.117. The zero-order valence-corrected chi connectivity index (χ0v) is 17.2. The highest BCUT2D eigenvalue weighted by molar-refractivity contribution is 5.95. The molecule has 4 nitrogen and oxygen atoms in total. The first-order chi connectivity index (χ1) is 15.0. The summed E-state index contributed by atoms with van der Waals surface area (Å²) in [7, 11) is 0. The van der Waals surface area contributed by atoms with Crippen molar-refractivity contribution >= 4 is 11.6 Å². The molecule has 1 saturated heterocycles. The van der Waals surface area contributed by atoms with Crippen LogP contribution in [0.3, 0.4) is 0 Å². The molecule has 1 amide bonds. The van der Waals surface area contributed by atoms with Crippen LogP contribution in [0.5, 0.6) is 11.5 Å². The summed E-state index contributed by atoms with van der Waals surface area (Å²) in [5.74, 6) is 0.890. The normalized spacial score (nSPS) is 18.0.